The van der Waals surface area contributed by atoms with E-state index in [0.29, 0.717) is 0 Å². The molecule has 0 N–H and O–H groups in total. The molecule has 0 spiro atoms. The van der Waals surface area contributed by atoms with E-state index in [4.69, 9.17) is 0 Å². The van der Waals surface area contributed by atoms with Crippen LogP contribution in [-0.2, 0) is 0 Å². The summed E-state index contributed by atoms with van der Waals surface area (Å²) < 4.78 is 4.82. The fraction of sp³-hybridized carbons (Fsp3) is 0.0130. The van der Waals surface area contributed by atoms with Crippen molar-refractivity contribution in [3.8, 4) is 33.6 Å². The molecule has 2 heterocycles. The number of para-hydroxylation sites is 6. The van der Waals surface area contributed by atoms with Gasteiger partial charge in [-0.05, 0) is 147 Å². The van der Waals surface area contributed by atoms with Gasteiger partial charge >= 0.3 is 0 Å². The highest BCUT2D eigenvalue weighted by Gasteiger charge is 2.32. The molecule has 1 aliphatic rings. The van der Waals surface area contributed by atoms with Gasteiger partial charge in [-0.25, -0.2) is 0 Å². The quantitative estimate of drug-likeness (QED) is 0.136. The lowest BCUT2D eigenvalue weighted by molar-refractivity contribution is 0.982. The molecule has 81 heavy (non-hydrogen) atoms. The third-order valence-corrected chi connectivity index (χ3v) is 16.7. The average Bonchev–Trinajstić information content (AvgIpc) is 4.21. The minimum absolute atomic E-state index is 0.0968. The van der Waals surface area contributed by atoms with E-state index >= 15 is 0 Å². The predicted molar refractivity (Wildman–Crippen MR) is 340 cm³/mol. The van der Waals surface area contributed by atoms with Crippen LogP contribution in [-0.4, -0.2) is 9.13 Å². The second-order valence-corrected chi connectivity index (χ2v) is 21.2. The SMILES string of the molecule is c1ccc(-c2cccc(C3c4cc(N(c5ccccc5)c5cccc(-n6c7ccccc7c7ccccc76)c5)ccc4-c4ccc(N(c5ccccc5)c5cccc(-n6c7ccccc7c7ccccc76)c5)c5cccc3c45)c2)cc1. The second-order valence-electron chi connectivity index (χ2n) is 21.2. The van der Waals surface area contributed by atoms with Gasteiger partial charge in [0.1, 0.15) is 0 Å². The molecule has 1 aliphatic carbocycles. The zero-order chi connectivity index (χ0) is 53.4. The second kappa shape index (κ2) is 19.1. The average molecular weight is 1030 g/mol. The number of fused-ring (bicyclic) bond motifs is 8. The van der Waals surface area contributed by atoms with Crippen LogP contribution in [0.2, 0.25) is 0 Å². The Balaban J connectivity index is 0.897. The van der Waals surface area contributed by atoms with Gasteiger partial charge < -0.3 is 18.9 Å². The Bertz CT molecular complexity index is 4790. The Morgan fingerprint density at radius 2 is 0.691 bits per heavy atom. The summed E-state index contributed by atoms with van der Waals surface area (Å²) in [6, 6.07) is 114. The minimum atomic E-state index is -0.0968. The topological polar surface area (TPSA) is 16.3 Å². The van der Waals surface area contributed by atoms with Crippen molar-refractivity contribution in [2.75, 3.05) is 9.80 Å². The molecule has 16 rings (SSSR count). The summed E-state index contributed by atoms with van der Waals surface area (Å²) in [5.41, 5.74) is 22.2. The van der Waals surface area contributed by atoms with Crippen LogP contribution in [0.25, 0.3) is 88.0 Å². The monoisotopic (exact) mass is 1030 g/mol. The van der Waals surface area contributed by atoms with E-state index in [1.54, 1.807) is 0 Å². The summed E-state index contributed by atoms with van der Waals surface area (Å²) in [7, 11) is 0. The van der Waals surface area contributed by atoms with E-state index in [9.17, 15) is 0 Å². The van der Waals surface area contributed by atoms with Crippen molar-refractivity contribution in [3.63, 3.8) is 0 Å². The molecule has 0 radical (unpaired) electrons. The summed E-state index contributed by atoms with van der Waals surface area (Å²) in [5.74, 6) is -0.0968. The first-order chi connectivity index (χ1) is 40.2. The first kappa shape index (κ1) is 46.4. The molecule has 15 aromatic rings. The number of anilines is 6. The molecule has 0 saturated carbocycles. The summed E-state index contributed by atoms with van der Waals surface area (Å²) in [6.07, 6.45) is 0. The smallest absolute Gasteiger partial charge is 0.0541 e. The van der Waals surface area contributed by atoms with E-state index in [0.717, 1.165) is 45.5 Å². The van der Waals surface area contributed by atoms with Crippen molar-refractivity contribution < 1.29 is 0 Å². The zero-order valence-corrected chi connectivity index (χ0v) is 44.3. The van der Waals surface area contributed by atoms with Crippen LogP contribution in [0.1, 0.15) is 22.6 Å². The third-order valence-electron chi connectivity index (χ3n) is 16.7. The van der Waals surface area contributed by atoms with Gasteiger partial charge in [-0.1, -0.05) is 206 Å². The van der Waals surface area contributed by atoms with Crippen LogP contribution in [0.3, 0.4) is 0 Å². The lowest BCUT2D eigenvalue weighted by Gasteiger charge is -2.34. The maximum atomic E-state index is 2.47. The van der Waals surface area contributed by atoms with Crippen LogP contribution >= 0.6 is 0 Å². The fourth-order valence-corrected chi connectivity index (χ4v) is 13.3. The van der Waals surface area contributed by atoms with Crippen molar-refractivity contribution in [2.45, 2.75) is 5.92 Å². The lowest BCUT2D eigenvalue weighted by atomic mass is 9.73. The summed E-state index contributed by atoms with van der Waals surface area (Å²) in [4.78, 5) is 4.88. The summed E-state index contributed by atoms with van der Waals surface area (Å²) in [6.45, 7) is 0. The Labute approximate surface area is 470 Å². The molecule has 1 atom stereocenters. The maximum Gasteiger partial charge on any atom is 0.0541 e. The first-order valence-corrected chi connectivity index (χ1v) is 27.9. The number of nitrogens with zero attached hydrogens (tertiary/aromatic N) is 4. The summed E-state index contributed by atoms with van der Waals surface area (Å²) >= 11 is 0. The van der Waals surface area contributed by atoms with Crippen LogP contribution in [0, 0.1) is 0 Å². The highest BCUT2D eigenvalue weighted by molar-refractivity contribution is 6.12. The van der Waals surface area contributed by atoms with Gasteiger partial charge in [0.25, 0.3) is 0 Å². The van der Waals surface area contributed by atoms with E-state index < -0.39 is 0 Å². The van der Waals surface area contributed by atoms with Crippen molar-refractivity contribution in [2.24, 2.45) is 0 Å². The Hall–Kier alpha value is -10.7. The van der Waals surface area contributed by atoms with E-state index in [1.165, 1.54) is 93.3 Å². The molecule has 0 fully saturated rings. The van der Waals surface area contributed by atoms with E-state index in [1.807, 2.05) is 0 Å². The maximum absolute atomic E-state index is 2.47. The van der Waals surface area contributed by atoms with Crippen LogP contribution < -0.4 is 9.80 Å². The number of hydrogen-bond donors (Lipinski definition) is 0. The van der Waals surface area contributed by atoms with Crippen molar-refractivity contribution in [1.29, 1.82) is 0 Å². The molecule has 0 saturated heterocycles. The largest absolute Gasteiger partial charge is 0.310 e. The molecule has 0 aliphatic heterocycles. The molecule has 380 valence electrons. The number of aromatic nitrogens is 2. The molecule has 2 aromatic heterocycles. The minimum Gasteiger partial charge on any atom is -0.310 e. The van der Waals surface area contributed by atoms with Gasteiger partial charge in [0.15, 0.2) is 0 Å². The van der Waals surface area contributed by atoms with Crippen molar-refractivity contribution in [3.05, 3.63) is 326 Å². The highest BCUT2D eigenvalue weighted by Crippen LogP contribution is 2.53. The molecule has 1 unspecified atom stereocenters. The standard InChI is InChI=1S/C77H52N4/c1-4-22-52(23-5-1)53-24-18-25-54(48-53)76-69-39-21-38-68-75(79(56-28-8-3-9-29-56)58-31-20-33-60(50-58)81-73-42-16-12-36-65(73)66-37-13-17-43-74(66)81)47-46-67(77(68)69)62-45-44-61(51-70(62)76)78(55-26-6-2-7-27-55)57-30-19-32-59(49-57)80-71-40-14-10-34-63(71)64-35-11-15-41-72(64)80/h1-51,76H. The van der Waals surface area contributed by atoms with Crippen LogP contribution in [0.4, 0.5) is 34.1 Å². The molecular weight excluding hydrogens is 981 g/mol. The Kier molecular flexibility index (Phi) is 10.9. The van der Waals surface area contributed by atoms with Gasteiger partial charge in [-0.2, -0.15) is 0 Å². The number of benzene rings is 13. The van der Waals surface area contributed by atoms with Gasteiger partial charge in [-0.3, -0.25) is 0 Å². The molecule has 0 amide bonds. The van der Waals surface area contributed by atoms with Crippen molar-refractivity contribution in [1.82, 2.24) is 9.13 Å². The molecule has 13 aromatic carbocycles. The van der Waals surface area contributed by atoms with Crippen LogP contribution in [0.15, 0.2) is 309 Å². The zero-order valence-electron chi connectivity index (χ0n) is 44.3. The Morgan fingerprint density at radius 3 is 1.27 bits per heavy atom. The molecular formula is C77H52N4. The van der Waals surface area contributed by atoms with Crippen molar-refractivity contribution >= 4 is 88.5 Å². The number of hydrogen-bond acceptors (Lipinski definition) is 2. The van der Waals surface area contributed by atoms with E-state index in [2.05, 4.69) is 328 Å². The first-order valence-electron chi connectivity index (χ1n) is 27.9. The third kappa shape index (κ3) is 7.60. The highest BCUT2D eigenvalue weighted by atomic mass is 15.2. The van der Waals surface area contributed by atoms with Gasteiger partial charge in [0, 0.05) is 72.7 Å². The van der Waals surface area contributed by atoms with E-state index in [-0.39, 0.29) is 5.92 Å². The fourth-order valence-electron chi connectivity index (χ4n) is 13.3. The van der Waals surface area contributed by atoms with Gasteiger partial charge in [0.05, 0.1) is 27.8 Å². The summed E-state index contributed by atoms with van der Waals surface area (Å²) in [5, 5.41) is 7.45. The molecule has 0 bridgehead atoms. The number of rotatable bonds is 10. The lowest BCUT2D eigenvalue weighted by Crippen LogP contribution is -2.15. The molecule has 4 heteroatoms. The van der Waals surface area contributed by atoms with Crippen LogP contribution in [0.5, 0.6) is 0 Å². The molecule has 4 nitrogen and oxygen atoms in total. The van der Waals surface area contributed by atoms with Gasteiger partial charge in [0.2, 0.25) is 0 Å². The normalized spacial score (nSPS) is 12.8. The Morgan fingerprint density at radius 1 is 0.259 bits per heavy atom. The predicted octanol–water partition coefficient (Wildman–Crippen LogP) is 20.8. The van der Waals surface area contributed by atoms with Gasteiger partial charge in [-0.15, -0.1) is 0 Å².